The number of unbranched alkanes of at least 4 members (excludes halogenated alkanes) is 1. The lowest BCUT2D eigenvalue weighted by molar-refractivity contribution is -0.151. The molecule has 8 heteroatoms. The number of hydrogen-bond acceptors (Lipinski definition) is 5. The molecule has 1 saturated heterocycles. The van der Waals surface area contributed by atoms with E-state index < -0.39 is 42.5 Å². The number of esters is 1. The summed E-state index contributed by atoms with van der Waals surface area (Å²) < 4.78 is 5.02. The van der Waals surface area contributed by atoms with E-state index in [2.05, 4.69) is 16.7 Å². The van der Waals surface area contributed by atoms with E-state index in [0.717, 1.165) is 42.6 Å². The number of nitrogens with one attached hydrogen (secondary N) is 2. The van der Waals surface area contributed by atoms with Crippen LogP contribution in [-0.2, 0) is 25.5 Å². The van der Waals surface area contributed by atoms with Crippen LogP contribution >= 0.6 is 0 Å². The average molecular weight is 415 g/mol. The van der Waals surface area contributed by atoms with Crippen LogP contribution in [0, 0.1) is 0 Å². The molecule has 2 N–H and O–H groups in total. The lowest BCUT2D eigenvalue weighted by Gasteiger charge is -2.26. The van der Waals surface area contributed by atoms with E-state index in [-0.39, 0.29) is 6.04 Å². The molecule has 8 nitrogen and oxygen atoms in total. The third-order valence-corrected chi connectivity index (χ3v) is 5.73. The molecule has 1 aromatic rings. The number of fused-ring (bicyclic) bond motifs is 1. The number of nitrogens with zero attached hydrogens (tertiary/aromatic N) is 1. The second-order valence-corrected chi connectivity index (χ2v) is 8.13. The molecule has 1 aliphatic heterocycles. The van der Waals surface area contributed by atoms with Gasteiger partial charge in [0.15, 0.2) is 6.61 Å². The van der Waals surface area contributed by atoms with Crippen LogP contribution in [0.4, 0.5) is 4.79 Å². The van der Waals surface area contributed by atoms with Gasteiger partial charge in [-0.05, 0) is 43.7 Å². The van der Waals surface area contributed by atoms with Gasteiger partial charge in [0.2, 0.25) is 0 Å². The highest BCUT2D eigenvalue weighted by Crippen LogP contribution is 2.29. The van der Waals surface area contributed by atoms with E-state index in [9.17, 15) is 19.2 Å². The first kappa shape index (κ1) is 21.8. The van der Waals surface area contributed by atoms with Gasteiger partial charge in [-0.25, -0.2) is 4.79 Å². The van der Waals surface area contributed by atoms with Crippen LogP contribution in [0.1, 0.15) is 63.1 Å². The highest BCUT2D eigenvalue weighted by Gasteiger charge is 2.47. The first-order chi connectivity index (χ1) is 14.3. The molecule has 2 atom stereocenters. The van der Waals surface area contributed by atoms with Gasteiger partial charge in [0.25, 0.3) is 11.8 Å². The number of aryl methyl sites for hydroxylation is 1. The van der Waals surface area contributed by atoms with E-state index in [1.165, 1.54) is 5.56 Å². The predicted octanol–water partition coefficient (Wildman–Crippen LogP) is 2.22. The minimum absolute atomic E-state index is 0.105. The summed E-state index contributed by atoms with van der Waals surface area (Å²) >= 11 is 0. The number of benzene rings is 1. The third kappa shape index (κ3) is 4.80. The van der Waals surface area contributed by atoms with Crippen LogP contribution in [0.15, 0.2) is 24.3 Å². The van der Waals surface area contributed by atoms with E-state index >= 15 is 0 Å². The van der Waals surface area contributed by atoms with Crippen molar-refractivity contribution in [3.63, 3.8) is 0 Å². The van der Waals surface area contributed by atoms with Crippen molar-refractivity contribution in [1.29, 1.82) is 0 Å². The summed E-state index contributed by atoms with van der Waals surface area (Å²) in [6.07, 6.45) is 4.97. The zero-order chi connectivity index (χ0) is 21.7. The number of imide groups is 1. The van der Waals surface area contributed by atoms with Crippen LogP contribution in [0.3, 0.4) is 0 Å². The number of hydrogen-bond donors (Lipinski definition) is 2. The summed E-state index contributed by atoms with van der Waals surface area (Å²) in [4.78, 5) is 49.9. The Morgan fingerprint density at radius 1 is 1.30 bits per heavy atom. The number of amides is 4. The Bertz CT molecular complexity index is 840. The third-order valence-electron chi connectivity index (χ3n) is 5.73. The van der Waals surface area contributed by atoms with E-state index in [1.54, 1.807) is 6.92 Å². The van der Waals surface area contributed by atoms with E-state index in [0.29, 0.717) is 6.42 Å². The molecule has 0 radical (unpaired) electrons. The van der Waals surface area contributed by atoms with Crippen LogP contribution in [-0.4, -0.2) is 47.4 Å². The fourth-order valence-corrected chi connectivity index (χ4v) is 4.05. The van der Waals surface area contributed by atoms with Gasteiger partial charge >= 0.3 is 12.0 Å². The quantitative estimate of drug-likeness (QED) is 0.500. The molecule has 30 heavy (non-hydrogen) atoms. The van der Waals surface area contributed by atoms with Crippen molar-refractivity contribution in [3.05, 3.63) is 35.4 Å². The molecule has 0 spiro atoms. The topological polar surface area (TPSA) is 105 Å². The maximum Gasteiger partial charge on any atom is 0.326 e. The van der Waals surface area contributed by atoms with Gasteiger partial charge < -0.3 is 15.4 Å². The Morgan fingerprint density at radius 2 is 2.07 bits per heavy atom. The highest BCUT2D eigenvalue weighted by molar-refractivity contribution is 6.08. The molecule has 1 aliphatic carbocycles. The van der Waals surface area contributed by atoms with Crippen LogP contribution in [0.2, 0.25) is 0 Å². The largest absolute Gasteiger partial charge is 0.454 e. The van der Waals surface area contributed by atoms with Gasteiger partial charge in [-0.2, -0.15) is 0 Å². The first-order valence-corrected chi connectivity index (χ1v) is 10.5. The maximum atomic E-state index is 12.6. The number of carbonyl (C=O) groups excluding carboxylic acids is 4. The molecule has 1 aromatic carbocycles. The smallest absolute Gasteiger partial charge is 0.326 e. The van der Waals surface area contributed by atoms with Crippen molar-refractivity contribution in [2.75, 3.05) is 13.2 Å². The Kier molecular flexibility index (Phi) is 6.74. The van der Waals surface area contributed by atoms with Gasteiger partial charge in [-0.1, -0.05) is 44.0 Å². The van der Waals surface area contributed by atoms with Crippen LogP contribution in [0.5, 0.6) is 0 Å². The van der Waals surface area contributed by atoms with Crippen molar-refractivity contribution in [2.24, 2.45) is 0 Å². The van der Waals surface area contributed by atoms with Crippen molar-refractivity contribution >= 4 is 23.8 Å². The van der Waals surface area contributed by atoms with Gasteiger partial charge in [-0.15, -0.1) is 0 Å². The highest BCUT2D eigenvalue weighted by atomic mass is 16.5. The van der Waals surface area contributed by atoms with E-state index in [4.69, 9.17) is 4.74 Å². The second-order valence-electron chi connectivity index (χ2n) is 8.13. The molecule has 0 saturated carbocycles. The summed E-state index contributed by atoms with van der Waals surface area (Å²) in [6.45, 7) is 2.70. The van der Waals surface area contributed by atoms with E-state index in [1.807, 2.05) is 25.1 Å². The van der Waals surface area contributed by atoms with Gasteiger partial charge in [0.1, 0.15) is 12.1 Å². The summed E-state index contributed by atoms with van der Waals surface area (Å²) in [7, 11) is 0. The number of urea groups is 1. The summed E-state index contributed by atoms with van der Waals surface area (Å²) in [6, 6.07) is 7.26. The molecule has 1 heterocycles. The molecule has 162 valence electrons. The van der Waals surface area contributed by atoms with Gasteiger partial charge in [0.05, 0.1) is 6.04 Å². The Labute approximate surface area is 176 Å². The molecule has 0 bridgehead atoms. The van der Waals surface area contributed by atoms with Crippen LogP contribution in [0.25, 0.3) is 0 Å². The monoisotopic (exact) mass is 415 g/mol. The Balaban J connectivity index is 1.49. The van der Waals surface area contributed by atoms with Crippen molar-refractivity contribution in [1.82, 2.24) is 15.5 Å². The zero-order valence-electron chi connectivity index (χ0n) is 17.5. The molecule has 0 unspecified atom stereocenters. The van der Waals surface area contributed by atoms with Crippen molar-refractivity contribution in [2.45, 2.75) is 64.0 Å². The van der Waals surface area contributed by atoms with Crippen molar-refractivity contribution in [3.8, 4) is 0 Å². The van der Waals surface area contributed by atoms with Gasteiger partial charge in [0, 0.05) is 0 Å². The zero-order valence-corrected chi connectivity index (χ0v) is 17.5. The van der Waals surface area contributed by atoms with Gasteiger partial charge in [-0.3, -0.25) is 19.3 Å². The summed E-state index contributed by atoms with van der Waals surface area (Å²) in [5, 5.41) is 5.55. The molecule has 3 rings (SSSR count). The average Bonchev–Trinajstić information content (AvgIpc) is 2.94. The normalized spacial score (nSPS) is 23.0. The molecular weight excluding hydrogens is 386 g/mol. The van der Waals surface area contributed by atoms with Crippen molar-refractivity contribution < 1.29 is 23.9 Å². The summed E-state index contributed by atoms with van der Waals surface area (Å²) in [5.74, 6) is -1.64. The predicted molar refractivity (Wildman–Crippen MR) is 109 cm³/mol. The van der Waals surface area contributed by atoms with Crippen LogP contribution < -0.4 is 10.6 Å². The lowest BCUT2D eigenvalue weighted by Crippen LogP contribution is -2.44. The first-order valence-electron chi connectivity index (χ1n) is 10.5. The number of ether oxygens (including phenoxy) is 1. The number of carbonyl (C=O) groups is 4. The minimum atomic E-state index is -1.00. The maximum absolute atomic E-state index is 12.6. The fraction of sp³-hybridized carbons (Fsp3) is 0.545. The Hall–Kier alpha value is -2.90. The molecule has 0 aromatic heterocycles. The Morgan fingerprint density at radius 3 is 2.83 bits per heavy atom. The molecule has 2 aliphatic rings. The molecular formula is C22H29N3O5. The number of rotatable bonds is 8. The summed E-state index contributed by atoms with van der Waals surface area (Å²) in [5.41, 5.74) is 1.31. The second kappa shape index (κ2) is 9.28. The fourth-order valence-electron chi connectivity index (χ4n) is 4.05. The minimum Gasteiger partial charge on any atom is -0.454 e. The SMILES string of the molecule is CCCC[C@@]1(C)NC(=O)N(CC(=O)OCC(=O)N[C@@H]2CCCc3ccccc32)C1=O. The lowest BCUT2D eigenvalue weighted by atomic mass is 9.88. The molecule has 4 amide bonds. The molecule has 1 fully saturated rings. The standard InChI is InChI=1S/C22H29N3O5/c1-3-4-12-22(2)20(28)25(21(29)24-22)13-19(27)30-14-18(26)23-17-11-7-9-15-8-5-6-10-16(15)17/h5-6,8,10,17H,3-4,7,9,11-14H2,1-2H3,(H,23,26)(H,24,29)/t17-,22-/m1/s1.